The molecule has 6 heteroatoms. The average molecular weight is 321 g/mol. The van der Waals surface area contributed by atoms with E-state index in [1.54, 1.807) is 19.1 Å². The van der Waals surface area contributed by atoms with E-state index in [2.05, 4.69) is 5.32 Å². The molecule has 1 fully saturated rings. The SMILES string of the molecule is Cc1cc(C(=O)N2CCSCC2)ccc1NC(=O)C(C)CN. The zero-order valence-electron chi connectivity index (χ0n) is 13.1. The number of nitrogens with zero attached hydrogens (tertiary/aromatic N) is 1. The Morgan fingerprint density at radius 2 is 2.05 bits per heavy atom. The van der Waals surface area contributed by atoms with Gasteiger partial charge in [0.1, 0.15) is 0 Å². The molecule has 0 aliphatic carbocycles. The maximum Gasteiger partial charge on any atom is 0.253 e. The Hall–Kier alpha value is -1.53. The minimum Gasteiger partial charge on any atom is -0.337 e. The minimum absolute atomic E-state index is 0.0663. The van der Waals surface area contributed by atoms with Crippen LogP contribution in [0.1, 0.15) is 22.8 Å². The van der Waals surface area contributed by atoms with Crippen molar-refractivity contribution < 1.29 is 9.59 Å². The molecule has 0 spiro atoms. The summed E-state index contributed by atoms with van der Waals surface area (Å²) in [7, 11) is 0. The number of hydrogen-bond donors (Lipinski definition) is 2. The van der Waals surface area contributed by atoms with Crippen molar-refractivity contribution in [3.8, 4) is 0 Å². The van der Waals surface area contributed by atoms with Gasteiger partial charge in [0.05, 0.1) is 0 Å². The number of carbonyl (C=O) groups is 2. The van der Waals surface area contributed by atoms with Gasteiger partial charge in [-0.25, -0.2) is 0 Å². The molecule has 0 aromatic heterocycles. The molecular formula is C16H23N3O2S. The molecule has 0 bridgehead atoms. The van der Waals surface area contributed by atoms with Gasteiger partial charge in [0.15, 0.2) is 0 Å². The molecule has 1 aromatic carbocycles. The zero-order valence-corrected chi connectivity index (χ0v) is 13.9. The maximum absolute atomic E-state index is 12.5. The van der Waals surface area contributed by atoms with Crippen molar-refractivity contribution in [1.29, 1.82) is 0 Å². The summed E-state index contributed by atoms with van der Waals surface area (Å²) in [5, 5.41) is 2.86. The molecule has 2 rings (SSSR count). The number of rotatable bonds is 4. The van der Waals surface area contributed by atoms with Gasteiger partial charge in [-0.2, -0.15) is 11.8 Å². The minimum atomic E-state index is -0.230. The van der Waals surface area contributed by atoms with E-state index in [9.17, 15) is 9.59 Å². The van der Waals surface area contributed by atoms with E-state index in [4.69, 9.17) is 5.73 Å². The number of nitrogens with one attached hydrogen (secondary N) is 1. The van der Waals surface area contributed by atoms with Crippen molar-refractivity contribution in [2.75, 3.05) is 36.5 Å². The smallest absolute Gasteiger partial charge is 0.253 e. The van der Waals surface area contributed by atoms with Gasteiger partial charge in [-0.1, -0.05) is 6.92 Å². The summed E-state index contributed by atoms with van der Waals surface area (Å²) in [5.74, 6) is 1.73. The van der Waals surface area contributed by atoms with Gasteiger partial charge in [-0.3, -0.25) is 9.59 Å². The molecule has 1 heterocycles. The molecule has 1 aliphatic rings. The molecule has 1 aromatic rings. The standard InChI is InChI=1S/C16H23N3O2S/c1-11-9-13(16(21)19-5-7-22-8-6-19)3-4-14(11)18-15(20)12(2)10-17/h3-4,9,12H,5-8,10,17H2,1-2H3,(H,18,20). The van der Waals surface area contributed by atoms with Crippen LogP contribution in [0.15, 0.2) is 18.2 Å². The first-order valence-corrected chi connectivity index (χ1v) is 8.67. The third-order valence-corrected chi connectivity index (χ3v) is 4.77. The zero-order chi connectivity index (χ0) is 16.1. The normalized spacial score (nSPS) is 16.2. The topological polar surface area (TPSA) is 75.4 Å². The second-order valence-electron chi connectivity index (χ2n) is 5.56. The van der Waals surface area contributed by atoms with Crippen LogP contribution in [0.25, 0.3) is 0 Å². The summed E-state index contributed by atoms with van der Waals surface area (Å²) in [6.07, 6.45) is 0. The van der Waals surface area contributed by atoms with Gasteiger partial charge >= 0.3 is 0 Å². The first-order chi connectivity index (χ1) is 10.5. The predicted molar refractivity (Wildman–Crippen MR) is 91.3 cm³/mol. The molecule has 1 aliphatic heterocycles. The van der Waals surface area contributed by atoms with Crippen LogP contribution in [0.3, 0.4) is 0 Å². The van der Waals surface area contributed by atoms with Gasteiger partial charge in [-0.05, 0) is 30.7 Å². The predicted octanol–water partition coefficient (Wildman–Crippen LogP) is 1.72. The van der Waals surface area contributed by atoms with Crippen LogP contribution >= 0.6 is 11.8 Å². The molecule has 2 amide bonds. The number of aryl methyl sites for hydroxylation is 1. The van der Waals surface area contributed by atoms with Crippen LogP contribution in [-0.2, 0) is 4.79 Å². The summed E-state index contributed by atoms with van der Waals surface area (Å²) >= 11 is 1.88. The van der Waals surface area contributed by atoms with Crippen LogP contribution in [0.4, 0.5) is 5.69 Å². The average Bonchev–Trinajstić information content (AvgIpc) is 2.55. The van der Waals surface area contributed by atoms with Crippen LogP contribution in [-0.4, -0.2) is 47.9 Å². The van der Waals surface area contributed by atoms with Crippen molar-refractivity contribution in [3.05, 3.63) is 29.3 Å². The lowest BCUT2D eigenvalue weighted by Crippen LogP contribution is -2.37. The van der Waals surface area contributed by atoms with Crippen molar-refractivity contribution >= 4 is 29.3 Å². The third kappa shape index (κ3) is 4.01. The fourth-order valence-electron chi connectivity index (χ4n) is 2.25. The summed E-state index contributed by atoms with van der Waals surface area (Å²) in [6.45, 7) is 5.60. The number of thioether (sulfide) groups is 1. The highest BCUT2D eigenvalue weighted by Gasteiger charge is 2.19. The summed E-state index contributed by atoms with van der Waals surface area (Å²) in [6, 6.07) is 5.41. The molecule has 120 valence electrons. The van der Waals surface area contributed by atoms with E-state index in [-0.39, 0.29) is 17.7 Å². The monoisotopic (exact) mass is 321 g/mol. The van der Waals surface area contributed by atoms with Gasteiger partial charge < -0.3 is 16.0 Å². The molecule has 22 heavy (non-hydrogen) atoms. The lowest BCUT2D eigenvalue weighted by molar-refractivity contribution is -0.119. The second kappa shape index (κ2) is 7.65. The van der Waals surface area contributed by atoms with Crippen LogP contribution in [0, 0.1) is 12.8 Å². The van der Waals surface area contributed by atoms with Crippen molar-refractivity contribution in [3.63, 3.8) is 0 Å². The van der Waals surface area contributed by atoms with E-state index >= 15 is 0 Å². The Kier molecular flexibility index (Phi) is 5.85. The van der Waals surface area contributed by atoms with Gasteiger partial charge in [-0.15, -0.1) is 0 Å². The Morgan fingerprint density at radius 1 is 1.36 bits per heavy atom. The summed E-state index contributed by atoms with van der Waals surface area (Å²) in [5.41, 5.74) is 7.79. The first-order valence-electron chi connectivity index (χ1n) is 7.51. The van der Waals surface area contributed by atoms with Gasteiger partial charge in [0, 0.05) is 48.3 Å². The molecule has 1 unspecified atom stereocenters. The Bertz CT molecular complexity index is 556. The largest absolute Gasteiger partial charge is 0.337 e. The van der Waals surface area contributed by atoms with Crippen molar-refractivity contribution in [2.24, 2.45) is 11.7 Å². The lowest BCUT2D eigenvalue weighted by atomic mass is 10.1. The molecule has 0 saturated carbocycles. The third-order valence-electron chi connectivity index (χ3n) is 3.83. The highest BCUT2D eigenvalue weighted by atomic mass is 32.2. The summed E-state index contributed by atoms with van der Waals surface area (Å²) < 4.78 is 0. The van der Waals surface area contributed by atoms with Crippen LogP contribution in [0.2, 0.25) is 0 Å². The number of benzene rings is 1. The maximum atomic E-state index is 12.5. The number of hydrogen-bond acceptors (Lipinski definition) is 4. The van der Waals surface area contributed by atoms with Crippen molar-refractivity contribution in [2.45, 2.75) is 13.8 Å². The van der Waals surface area contributed by atoms with Crippen LogP contribution < -0.4 is 11.1 Å². The Morgan fingerprint density at radius 3 is 2.64 bits per heavy atom. The fraction of sp³-hybridized carbons (Fsp3) is 0.500. The highest BCUT2D eigenvalue weighted by Crippen LogP contribution is 2.20. The molecule has 0 radical (unpaired) electrons. The van der Waals surface area contributed by atoms with E-state index in [0.29, 0.717) is 12.1 Å². The first kappa shape index (κ1) is 16.8. The summed E-state index contributed by atoms with van der Waals surface area (Å²) in [4.78, 5) is 26.2. The van der Waals surface area contributed by atoms with Gasteiger partial charge in [0.25, 0.3) is 5.91 Å². The Balaban J connectivity index is 2.08. The van der Waals surface area contributed by atoms with E-state index in [1.807, 2.05) is 29.7 Å². The highest BCUT2D eigenvalue weighted by molar-refractivity contribution is 7.99. The van der Waals surface area contributed by atoms with E-state index < -0.39 is 0 Å². The van der Waals surface area contributed by atoms with Gasteiger partial charge in [0.2, 0.25) is 5.91 Å². The Labute approximate surface area is 135 Å². The van der Waals surface area contributed by atoms with E-state index in [0.717, 1.165) is 35.8 Å². The molecule has 5 nitrogen and oxygen atoms in total. The number of anilines is 1. The molecule has 1 atom stereocenters. The van der Waals surface area contributed by atoms with E-state index in [1.165, 1.54) is 0 Å². The van der Waals surface area contributed by atoms with Crippen LogP contribution in [0.5, 0.6) is 0 Å². The molecule has 1 saturated heterocycles. The molecule has 3 N–H and O–H groups in total. The lowest BCUT2D eigenvalue weighted by Gasteiger charge is -2.26. The number of amides is 2. The molecular weight excluding hydrogens is 298 g/mol. The van der Waals surface area contributed by atoms with Crippen molar-refractivity contribution in [1.82, 2.24) is 4.90 Å². The fourth-order valence-corrected chi connectivity index (χ4v) is 3.15. The quantitative estimate of drug-likeness (QED) is 0.885. The number of carbonyl (C=O) groups excluding carboxylic acids is 2. The number of nitrogens with two attached hydrogens (primary N) is 1. The second-order valence-corrected chi connectivity index (χ2v) is 6.79.